The number of rotatable bonds is 4. The largest absolute Gasteiger partial charge is 0.381 e. The van der Waals surface area contributed by atoms with Gasteiger partial charge in [0, 0.05) is 36.1 Å². The summed E-state index contributed by atoms with van der Waals surface area (Å²) in [6, 6.07) is 7.11. The number of Topliss-reactive ketones (excluding diaryl/α,β-unsaturated/α-hetero) is 1. The fourth-order valence-corrected chi connectivity index (χ4v) is 3.78. The van der Waals surface area contributed by atoms with Crippen LogP contribution >= 0.6 is 0 Å². The molecule has 0 radical (unpaired) electrons. The van der Waals surface area contributed by atoms with Crippen molar-refractivity contribution < 1.29 is 13.9 Å². The van der Waals surface area contributed by atoms with Gasteiger partial charge in [0.05, 0.1) is 37.8 Å². The lowest BCUT2D eigenvalue weighted by atomic mass is 9.96. The van der Waals surface area contributed by atoms with Gasteiger partial charge in [0.25, 0.3) is 0 Å². The summed E-state index contributed by atoms with van der Waals surface area (Å²) in [5.41, 5.74) is 3.42. The summed E-state index contributed by atoms with van der Waals surface area (Å²) in [4.78, 5) is 24.0. The molecule has 4 heterocycles. The topological polar surface area (TPSA) is 79.1 Å². The van der Waals surface area contributed by atoms with Gasteiger partial charge in [-0.1, -0.05) is 0 Å². The maximum Gasteiger partial charge on any atom is 0.169 e. The molecule has 0 spiro atoms. The molecule has 1 fully saturated rings. The highest BCUT2D eigenvalue weighted by Gasteiger charge is 2.26. The number of pyridine rings is 2. The van der Waals surface area contributed by atoms with Gasteiger partial charge < -0.3 is 9.64 Å². The monoisotopic (exact) mass is 380 g/mol. The van der Waals surface area contributed by atoms with E-state index >= 15 is 0 Å². The van der Waals surface area contributed by atoms with Gasteiger partial charge in [-0.3, -0.25) is 9.78 Å². The molecule has 1 saturated heterocycles. The van der Waals surface area contributed by atoms with Crippen molar-refractivity contribution in [2.45, 2.75) is 31.9 Å². The van der Waals surface area contributed by atoms with Crippen molar-refractivity contribution in [2.75, 3.05) is 31.2 Å². The van der Waals surface area contributed by atoms with Crippen LogP contribution < -0.4 is 4.90 Å². The van der Waals surface area contributed by atoms with E-state index < -0.39 is 6.17 Å². The smallest absolute Gasteiger partial charge is 0.169 e. The summed E-state index contributed by atoms with van der Waals surface area (Å²) in [6.07, 6.45) is 2.54. The van der Waals surface area contributed by atoms with Crippen LogP contribution in [0.1, 0.15) is 39.3 Å². The minimum atomic E-state index is -0.860. The molecule has 144 valence electrons. The molecular weight excluding hydrogens is 359 g/mol. The Balaban J connectivity index is 1.69. The molecule has 28 heavy (non-hydrogen) atoms. The molecule has 0 bridgehead atoms. The molecule has 0 saturated carbocycles. The van der Waals surface area contributed by atoms with Crippen LogP contribution in [0.3, 0.4) is 0 Å². The number of halogens is 1. The van der Waals surface area contributed by atoms with Gasteiger partial charge in [-0.05, 0) is 36.6 Å². The summed E-state index contributed by atoms with van der Waals surface area (Å²) in [5.74, 6) is 0.586. The molecular formula is C21H21FN4O2. The third-order valence-electron chi connectivity index (χ3n) is 5.22. The summed E-state index contributed by atoms with van der Waals surface area (Å²) >= 11 is 0. The average molecular weight is 380 g/mol. The lowest BCUT2D eigenvalue weighted by Crippen LogP contribution is -2.23. The second-order valence-electron chi connectivity index (χ2n) is 7.15. The zero-order valence-corrected chi connectivity index (χ0v) is 15.5. The number of carbonyl (C=O) groups excluding carboxylic acids is 1. The van der Waals surface area contributed by atoms with Crippen molar-refractivity contribution >= 4 is 11.6 Å². The summed E-state index contributed by atoms with van der Waals surface area (Å²) in [5, 5.41) is 9.06. The second-order valence-corrected chi connectivity index (χ2v) is 7.15. The maximum atomic E-state index is 13.7. The SMILES string of the molecule is N#Cc1ccnc(CC(=O)c2cc(N3CC[C@H](F)C3)nc3c2CCOCC3)c1. The Morgan fingerprint density at radius 2 is 2.21 bits per heavy atom. The number of ketones is 1. The van der Waals surface area contributed by atoms with E-state index in [4.69, 9.17) is 15.0 Å². The van der Waals surface area contributed by atoms with Gasteiger partial charge in [-0.15, -0.1) is 0 Å². The van der Waals surface area contributed by atoms with E-state index in [1.54, 1.807) is 24.4 Å². The standard InChI is InChI=1S/C21H21FN4O2/c22-15-2-6-26(13-15)21-11-18(17-3-7-28-8-4-19(17)25-21)20(27)10-16-9-14(12-23)1-5-24-16/h1,5,9,11,15H,2-4,6-8,10,13H2/t15-/m0/s1. The molecule has 4 rings (SSSR count). The van der Waals surface area contributed by atoms with Crippen molar-refractivity contribution in [3.8, 4) is 6.07 Å². The normalized spacial score (nSPS) is 19.0. The number of alkyl halides is 1. The summed E-state index contributed by atoms with van der Waals surface area (Å²) in [6.45, 7) is 2.02. The van der Waals surface area contributed by atoms with Crippen molar-refractivity contribution in [1.29, 1.82) is 5.26 Å². The van der Waals surface area contributed by atoms with Crippen LogP contribution in [-0.4, -0.2) is 48.2 Å². The van der Waals surface area contributed by atoms with E-state index in [2.05, 4.69) is 11.1 Å². The Hall–Kier alpha value is -2.85. The third kappa shape index (κ3) is 3.87. The molecule has 6 nitrogen and oxygen atoms in total. The summed E-state index contributed by atoms with van der Waals surface area (Å²) < 4.78 is 19.3. The van der Waals surface area contributed by atoms with Crippen molar-refractivity contribution in [3.05, 3.63) is 52.5 Å². The van der Waals surface area contributed by atoms with Gasteiger partial charge >= 0.3 is 0 Å². The van der Waals surface area contributed by atoms with Gasteiger partial charge in [0.15, 0.2) is 5.78 Å². The molecule has 0 unspecified atom stereocenters. The number of anilines is 1. The molecule has 2 aliphatic rings. The number of hydrogen-bond acceptors (Lipinski definition) is 6. The quantitative estimate of drug-likeness (QED) is 0.758. The molecule has 2 aliphatic heterocycles. The van der Waals surface area contributed by atoms with Crippen molar-refractivity contribution in [3.63, 3.8) is 0 Å². The number of hydrogen-bond donors (Lipinski definition) is 0. The van der Waals surface area contributed by atoms with E-state index in [1.807, 2.05) is 4.90 Å². The number of fused-ring (bicyclic) bond motifs is 1. The van der Waals surface area contributed by atoms with Crippen LogP contribution in [0.2, 0.25) is 0 Å². The lowest BCUT2D eigenvalue weighted by molar-refractivity contribution is 0.0990. The Morgan fingerprint density at radius 1 is 1.36 bits per heavy atom. The number of nitriles is 1. The van der Waals surface area contributed by atoms with Crippen LogP contribution in [0.4, 0.5) is 10.2 Å². The maximum absolute atomic E-state index is 13.7. The number of aromatic nitrogens is 2. The van der Waals surface area contributed by atoms with Crippen LogP contribution in [0, 0.1) is 11.3 Å². The van der Waals surface area contributed by atoms with Crippen LogP contribution in [0.15, 0.2) is 24.4 Å². The highest BCUT2D eigenvalue weighted by molar-refractivity contribution is 5.99. The zero-order chi connectivity index (χ0) is 19.5. The van der Waals surface area contributed by atoms with Crippen LogP contribution in [0.25, 0.3) is 0 Å². The first-order valence-electron chi connectivity index (χ1n) is 9.52. The first kappa shape index (κ1) is 18.5. The number of ether oxygens (including phenoxy) is 1. The summed E-state index contributed by atoms with van der Waals surface area (Å²) in [7, 11) is 0. The van der Waals surface area contributed by atoms with Crippen molar-refractivity contribution in [2.24, 2.45) is 0 Å². The van der Waals surface area contributed by atoms with E-state index in [9.17, 15) is 9.18 Å². The molecule has 0 aromatic carbocycles. The predicted octanol–water partition coefficient (Wildman–Crippen LogP) is 2.44. The van der Waals surface area contributed by atoms with E-state index in [0.29, 0.717) is 68.2 Å². The fraction of sp³-hybridized carbons (Fsp3) is 0.429. The molecule has 0 amide bonds. The molecule has 0 N–H and O–H groups in total. The van der Waals surface area contributed by atoms with E-state index in [-0.39, 0.29) is 12.2 Å². The Kier molecular flexibility index (Phi) is 5.31. The number of nitrogens with zero attached hydrogens (tertiary/aromatic N) is 4. The van der Waals surface area contributed by atoms with Gasteiger partial charge in [0.2, 0.25) is 0 Å². The fourth-order valence-electron chi connectivity index (χ4n) is 3.78. The minimum absolute atomic E-state index is 0.0691. The lowest BCUT2D eigenvalue weighted by Gasteiger charge is -2.20. The first-order chi connectivity index (χ1) is 13.6. The highest BCUT2D eigenvalue weighted by Crippen LogP contribution is 2.27. The van der Waals surface area contributed by atoms with E-state index in [0.717, 1.165) is 11.3 Å². The average Bonchev–Trinajstić information content (AvgIpc) is 3.00. The second kappa shape index (κ2) is 8.03. The molecule has 1 atom stereocenters. The van der Waals surface area contributed by atoms with Gasteiger partial charge in [0.1, 0.15) is 12.0 Å². The Morgan fingerprint density at radius 3 is 3.00 bits per heavy atom. The van der Waals surface area contributed by atoms with E-state index in [1.165, 1.54) is 0 Å². The Labute approximate surface area is 163 Å². The van der Waals surface area contributed by atoms with Gasteiger partial charge in [-0.25, -0.2) is 9.37 Å². The first-order valence-corrected chi connectivity index (χ1v) is 9.52. The number of carbonyl (C=O) groups is 1. The van der Waals surface area contributed by atoms with Gasteiger partial charge in [-0.2, -0.15) is 5.26 Å². The molecule has 0 aliphatic carbocycles. The predicted molar refractivity (Wildman–Crippen MR) is 101 cm³/mol. The molecule has 2 aromatic heterocycles. The third-order valence-corrected chi connectivity index (χ3v) is 5.22. The zero-order valence-electron chi connectivity index (χ0n) is 15.5. The van der Waals surface area contributed by atoms with Crippen LogP contribution in [-0.2, 0) is 24.0 Å². The van der Waals surface area contributed by atoms with Crippen LogP contribution in [0.5, 0.6) is 0 Å². The Bertz CT molecular complexity index is 940. The van der Waals surface area contributed by atoms with Crippen molar-refractivity contribution in [1.82, 2.24) is 9.97 Å². The highest BCUT2D eigenvalue weighted by atomic mass is 19.1. The minimum Gasteiger partial charge on any atom is -0.381 e. The molecule has 2 aromatic rings. The molecule has 7 heteroatoms.